The third-order valence-corrected chi connectivity index (χ3v) is 5.90. The zero-order valence-corrected chi connectivity index (χ0v) is 20.0. The molecule has 0 saturated heterocycles. The molecule has 0 amide bonds. The summed E-state index contributed by atoms with van der Waals surface area (Å²) in [7, 11) is 0. The van der Waals surface area contributed by atoms with E-state index in [0.29, 0.717) is 46.6 Å². The van der Waals surface area contributed by atoms with Crippen molar-refractivity contribution in [3.05, 3.63) is 59.7 Å². The first-order valence-corrected chi connectivity index (χ1v) is 11.4. The number of aryl methyl sites for hydroxylation is 2. The Morgan fingerprint density at radius 2 is 1.06 bits per heavy atom. The Bertz CT molecular complexity index is 1230. The third kappa shape index (κ3) is 4.34. The molecule has 4 aromatic carbocycles. The number of ether oxygens (including phenoxy) is 4. The summed E-state index contributed by atoms with van der Waals surface area (Å²) in [6.07, 6.45) is 0. The van der Waals surface area contributed by atoms with Crippen molar-refractivity contribution in [2.45, 2.75) is 27.7 Å². The molecule has 0 heterocycles. The van der Waals surface area contributed by atoms with Gasteiger partial charge < -0.3 is 29.2 Å². The number of benzene rings is 4. The fraction of sp³-hybridized carbons (Fsp3) is 0.286. The molecule has 4 aromatic rings. The van der Waals surface area contributed by atoms with Crippen LogP contribution in [0.4, 0.5) is 0 Å². The van der Waals surface area contributed by atoms with Crippen molar-refractivity contribution >= 4 is 21.5 Å². The van der Waals surface area contributed by atoms with Gasteiger partial charge in [-0.05, 0) is 51.0 Å². The maximum Gasteiger partial charge on any atom is 0.189 e. The Hall–Kier alpha value is -3.48. The van der Waals surface area contributed by atoms with Gasteiger partial charge >= 0.3 is 0 Å². The molecule has 0 aromatic heterocycles. The second kappa shape index (κ2) is 10.2. The van der Waals surface area contributed by atoms with Gasteiger partial charge in [0, 0.05) is 45.9 Å². The van der Waals surface area contributed by atoms with Gasteiger partial charge in [-0.1, -0.05) is 36.4 Å². The van der Waals surface area contributed by atoms with E-state index in [0.717, 1.165) is 21.9 Å². The first kappa shape index (κ1) is 23.7. The lowest BCUT2D eigenvalue weighted by atomic mass is 9.93. The van der Waals surface area contributed by atoms with Crippen molar-refractivity contribution in [2.75, 3.05) is 26.8 Å². The molecule has 4 rings (SSSR count). The van der Waals surface area contributed by atoms with Crippen LogP contribution >= 0.6 is 0 Å². The largest absolute Gasteiger partial charge is 0.507 e. The predicted molar refractivity (Wildman–Crippen MR) is 134 cm³/mol. The first-order chi connectivity index (χ1) is 16.5. The van der Waals surface area contributed by atoms with Crippen molar-refractivity contribution < 1.29 is 29.2 Å². The van der Waals surface area contributed by atoms with Crippen LogP contribution in [0.1, 0.15) is 25.0 Å². The minimum absolute atomic E-state index is 0.0560. The Kier molecular flexibility index (Phi) is 7.10. The van der Waals surface area contributed by atoms with E-state index in [1.165, 1.54) is 0 Å². The Labute approximate surface area is 199 Å². The molecular formula is C28H30O6. The highest BCUT2D eigenvalue weighted by atomic mass is 16.7. The van der Waals surface area contributed by atoms with E-state index >= 15 is 0 Å². The first-order valence-electron chi connectivity index (χ1n) is 11.4. The minimum Gasteiger partial charge on any atom is -0.507 e. The average molecular weight is 463 g/mol. The van der Waals surface area contributed by atoms with Crippen molar-refractivity contribution in [3.8, 4) is 34.1 Å². The summed E-state index contributed by atoms with van der Waals surface area (Å²) < 4.78 is 22.7. The maximum absolute atomic E-state index is 11.3. The molecule has 0 aliphatic carbocycles. The number of rotatable bonds is 9. The molecule has 178 valence electrons. The molecule has 0 fully saturated rings. The standard InChI is InChI=1S/C28H30O6/c1-5-31-15-33-23-13-21(27(29)19-11-7-9-17(3)25(19)23)22-14-24(34-16-32-6-2)26-18(4)10-8-12-20(26)28(22)30/h7-14,29-30H,5-6,15-16H2,1-4H3. The van der Waals surface area contributed by atoms with E-state index in [1.807, 2.05) is 64.1 Å². The normalized spacial score (nSPS) is 11.3. The molecule has 6 heteroatoms. The van der Waals surface area contributed by atoms with Crippen molar-refractivity contribution in [1.82, 2.24) is 0 Å². The smallest absolute Gasteiger partial charge is 0.189 e. The Balaban J connectivity index is 1.98. The lowest BCUT2D eigenvalue weighted by Crippen LogP contribution is -2.04. The molecule has 6 nitrogen and oxygen atoms in total. The van der Waals surface area contributed by atoms with Crippen LogP contribution in [0.3, 0.4) is 0 Å². The zero-order valence-electron chi connectivity index (χ0n) is 20.0. The van der Waals surface area contributed by atoms with Gasteiger partial charge in [-0.25, -0.2) is 0 Å². The van der Waals surface area contributed by atoms with Gasteiger partial charge in [-0.15, -0.1) is 0 Å². The van der Waals surface area contributed by atoms with Gasteiger partial charge in [0.05, 0.1) is 0 Å². The molecule has 0 bridgehead atoms. The van der Waals surface area contributed by atoms with E-state index in [4.69, 9.17) is 18.9 Å². The molecular weight excluding hydrogens is 432 g/mol. The van der Waals surface area contributed by atoms with Gasteiger partial charge in [0.1, 0.15) is 23.0 Å². The van der Waals surface area contributed by atoms with Crippen molar-refractivity contribution in [3.63, 3.8) is 0 Å². The van der Waals surface area contributed by atoms with Crippen LogP contribution in [-0.2, 0) is 9.47 Å². The van der Waals surface area contributed by atoms with Crippen LogP contribution in [0, 0.1) is 13.8 Å². The molecule has 0 radical (unpaired) electrons. The van der Waals surface area contributed by atoms with E-state index in [-0.39, 0.29) is 25.1 Å². The summed E-state index contributed by atoms with van der Waals surface area (Å²) in [5, 5.41) is 25.5. The fourth-order valence-corrected chi connectivity index (χ4v) is 4.23. The van der Waals surface area contributed by atoms with E-state index in [1.54, 1.807) is 12.1 Å². The third-order valence-electron chi connectivity index (χ3n) is 5.90. The second-order valence-corrected chi connectivity index (χ2v) is 8.05. The number of hydrogen-bond donors (Lipinski definition) is 2. The topological polar surface area (TPSA) is 77.4 Å². The Morgan fingerprint density at radius 3 is 1.44 bits per heavy atom. The summed E-state index contributed by atoms with van der Waals surface area (Å²) in [4.78, 5) is 0. The van der Waals surface area contributed by atoms with Crippen molar-refractivity contribution in [2.24, 2.45) is 0 Å². The van der Waals surface area contributed by atoms with Crippen LogP contribution in [0.25, 0.3) is 32.7 Å². The number of fused-ring (bicyclic) bond motifs is 2. The molecule has 0 spiro atoms. The molecule has 0 atom stereocenters. The highest BCUT2D eigenvalue weighted by molar-refractivity contribution is 6.05. The minimum atomic E-state index is 0.0560. The SMILES string of the molecule is CCOCOc1cc(-c2cc(OCOCC)c3c(C)cccc3c2O)c(O)c2cccc(C)c12. The highest BCUT2D eigenvalue weighted by Crippen LogP contribution is 2.49. The second-order valence-electron chi connectivity index (χ2n) is 8.05. The zero-order chi connectivity index (χ0) is 24.2. The summed E-state index contributed by atoms with van der Waals surface area (Å²) >= 11 is 0. The van der Waals surface area contributed by atoms with Crippen LogP contribution in [-0.4, -0.2) is 37.0 Å². The van der Waals surface area contributed by atoms with Gasteiger partial charge in [-0.3, -0.25) is 0 Å². The highest BCUT2D eigenvalue weighted by Gasteiger charge is 2.21. The van der Waals surface area contributed by atoms with Crippen LogP contribution in [0.5, 0.6) is 23.0 Å². The van der Waals surface area contributed by atoms with Gasteiger partial charge in [0.25, 0.3) is 0 Å². The number of hydrogen-bond acceptors (Lipinski definition) is 6. The molecule has 34 heavy (non-hydrogen) atoms. The Morgan fingerprint density at radius 1 is 0.647 bits per heavy atom. The number of phenolic OH excluding ortho intramolecular Hbond substituents is 2. The van der Waals surface area contributed by atoms with Crippen LogP contribution in [0.2, 0.25) is 0 Å². The molecule has 0 unspecified atom stereocenters. The monoisotopic (exact) mass is 462 g/mol. The lowest BCUT2D eigenvalue weighted by molar-refractivity contribution is 0.0230. The van der Waals surface area contributed by atoms with Gasteiger partial charge in [0.15, 0.2) is 13.6 Å². The van der Waals surface area contributed by atoms with E-state index in [2.05, 4.69) is 0 Å². The van der Waals surface area contributed by atoms with E-state index < -0.39 is 0 Å². The predicted octanol–water partition coefficient (Wildman–Crippen LogP) is 6.43. The summed E-state index contributed by atoms with van der Waals surface area (Å²) in [6.45, 7) is 8.92. The fourth-order valence-electron chi connectivity index (χ4n) is 4.23. The molecule has 0 aliphatic rings. The quantitative estimate of drug-likeness (QED) is 0.220. The van der Waals surface area contributed by atoms with Crippen molar-refractivity contribution in [1.29, 1.82) is 0 Å². The molecule has 2 N–H and O–H groups in total. The van der Waals surface area contributed by atoms with Gasteiger partial charge in [-0.2, -0.15) is 0 Å². The lowest BCUT2D eigenvalue weighted by Gasteiger charge is -2.19. The average Bonchev–Trinajstić information content (AvgIpc) is 2.83. The molecule has 0 aliphatic heterocycles. The van der Waals surface area contributed by atoms with Crippen LogP contribution < -0.4 is 9.47 Å². The number of aromatic hydroxyl groups is 2. The summed E-state index contributed by atoms with van der Waals surface area (Å²) in [6, 6.07) is 14.9. The summed E-state index contributed by atoms with van der Waals surface area (Å²) in [5.74, 6) is 1.24. The summed E-state index contributed by atoms with van der Waals surface area (Å²) in [5.41, 5.74) is 2.80. The van der Waals surface area contributed by atoms with E-state index in [9.17, 15) is 10.2 Å². The number of phenols is 2. The van der Waals surface area contributed by atoms with Crippen LogP contribution in [0.15, 0.2) is 48.5 Å². The maximum atomic E-state index is 11.3. The molecule has 0 saturated carbocycles. The van der Waals surface area contributed by atoms with Gasteiger partial charge in [0.2, 0.25) is 0 Å².